The number of aryl methyl sites for hydroxylation is 2. The summed E-state index contributed by atoms with van der Waals surface area (Å²) in [6.07, 6.45) is 2.06. The number of nitrogens with zero attached hydrogens (tertiary/aromatic N) is 4. The Bertz CT molecular complexity index is 917. The van der Waals surface area contributed by atoms with Gasteiger partial charge in [-0.3, -0.25) is 9.78 Å². The van der Waals surface area contributed by atoms with Crippen molar-refractivity contribution in [1.29, 1.82) is 0 Å². The molecule has 25 heavy (non-hydrogen) atoms. The molecule has 3 heterocycles. The van der Waals surface area contributed by atoms with Crippen molar-refractivity contribution < 1.29 is 4.79 Å². The molecule has 1 aliphatic heterocycles. The van der Waals surface area contributed by atoms with Gasteiger partial charge in [-0.05, 0) is 25.5 Å². The van der Waals surface area contributed by atoms with Crippen molar-refractivity contribution in [1.82, 2.24) is 25.1 Å². The Morgan fingerprint density at radius 3 is 2.80 bits per heavy atom. The topological polar surface area (TPSA) is 72.7 Å². The van der Waals surface area contributed by atoms with E-state index in [1.165, 1.54) is 0 Å². The van der Waals surface area contributed by atoms with Crippen LogP contribution in [0, 0.1) is 6.92 Å². The molecule has 0 radical (unpaired) electrons. The molecule has 3 aromatic rings. The summed E-state index contributed by atoms with van der Waals surface area (Å²) >= 11 is 0. The zero-order valence-corrected chi connectivity index (χ0v) is 14.1. The fourth-order valence-corrected chi connectivity index (χ4v) is 3.17. The zero-order valence-electron chi connectivity index (χ0n) is 14.1. The van der Waals surface area contributed by atoms with Gasteiger partial charge >= 0.3 is 0 Å². The van der Waals surface area contributed by atoms with E-state index in [-0.39, 0.29) is 5.91 Å². The molecule has 126 valence electrons. The molecule has 1 N–H and O–H groups in total. The van der Waals surface area contributed by atoms with E-state index in [0.29, 0.717) is 17.8 Å². The summed E-state index contributed by atoms with van der Waals surface area (Å²) in [6, 6.07) is 13.6. The minimum absolute atomic E-state index is 0.139. The number of benzene rings is 1. The number of aromatic nitrogens is 4. The molecule has 6 nitrogen and oxygen atoms in total. The Labute approximate surface area is 145 Å². The first kappa shape index (κ1) is 15.5. The van der Waals surface area contributed by atoms with Gasteiger partial charge in [-0.1, -0.05) is 30.3 Å². The molecule has 0 bridgehead atoms. The van der Waals surface area contributed by atoms with Crippen molar-refractivity contribution in [2.45, 2.75) is 32.9 Å². The van der Waals surface area contributed by atoms with Crippen LogP contribution in [0.2, 0.25) is 0 Å². The summed E-state index contributed by atoms with van der Waals surface area (Å²) in [6.45, 7) is 3.17. The van der Waals surface area contributed by atoms with Crippen LogP contribution >= 0.6 is 0 Å². The van der Waals surface area contributed by atoms with Gasteiger partial charge in [0.2, 0.25) is 0 Å². The summed E-state index contributed by atoms with van der Waals surface area (Å²) in [5, 5.41) is 11.3. The number of carbonyl (C=O) groups is 1. The molecule has 0 spiro atoms. The lowest BCUT2D eigenvalue weighted by Crippen LogP contribution is -2.25. The molecule has 0 saturated carbocycles. The molecule has 6 heteroatoms. The lowest BCUT2D eigenvalue weighted by atomic mass is 10.1. The Kier molecular flexibility index (Phi) is 4.01. The first-order chi connectivity index (χ1) is 12.2. The van der Waals surface area contributed by atoms with E-state index < -0.39 is 0 Å². The lowest BCUT2D eigenvalue weighted by molar-refractivity contribution is 0.0948. The minimum Gasteiger partial charge on any atom is -0.345 e. The van der Waals surface area contributed by atoms with Crippen molar-refractivity contribution in [2.24, 2.45) is 0 Å². The molecular formula is C19H19N5O. The lowest BCUT2D eigenvalue weighted by Gasteiger charge is -2.09. The van der Waals surface area contributed by atoms with Gasteiger partial charge in [-0.2, -0.15) is 0 Å². The first-order valence-electron chi connectivity index (χ1n) is 8.44. The quantitative estimate of drug-likeness (QED) is 0.796. The third-order valence-corrected chi connectivity index (χ3v) is 4.49. The number of amides is 1. The second-order valence-electron chi connectivity index (χ2n) is 6.17. The van der Waals surface area contributed by atoms with Gasteiger partial charge in [0.15, 0.2) is 5.82 Å². The van der Waals surface area contributed by atoms with Gasteiger partial charge in [0.1, 0.15) is 5.82 Å². The molecule has 1 aromatic carbocycles. The van der Waals surface area contributed by atoms with E-state index in [2.05, 4.69) is 25.1 Å². The van der Waals surface area contributed by atoms with Crippen LogP contribution in [-0.2, 0) is 19.5 Å². The van der Waals surface area contributed by atoms with Crippen LogP contribution in [0.15, 0.2) is 42.5 Å². The third kappa shape index (κ3) is 3.03. The summed E-state index contributed by atoms with van der Waals surface area (Å²) in [5.74, 6) is 1.68. The van der Waals surface area contributed by atoms with Crippen LogP contribution in [0.3, 0.4) is 0 Å². The van der Waals surface area contributed by atoms with Crippen LogP contribution in [-0.4, -0.2) is 25.7 Å². The van der Waals surface area contributed by atoms with Gasteiger partial charge < -0.3 is 9.88 Å². The van der Waals surface area contributed by atoms with Crippen LogP contribution in [0.5, 0.6) is 0 Å². The number of hydrogen-bond donors (Lipinski definition) is 1. The van der Waals surface area contributed by atoms with Crippen molar-refractivity contribution >= 4 is 5.91 Å². The maximum absolute atomic E-state index is 12.5. The molecule has 4 rings (SSSR count). The molecule has 1 amide bonds. The Morgan fingerprint density at radius 2 is 2.00 bits per heavy atom. The average molecular weight is 333 g/mol. The number of hydrogen-bond acceptors (Lipinski definition) is 4. The van der Waals surface area contributed by atoms with Crippen LogP contribution in [0.25, 0.3) is 11.3 Å². The van der Waals surface area contributed by atoms with E-state index >= 15 is 0 Å². The molecule has 0 saturated heterocycles. The summed E-state index contributed by atoms with van der Waals surface area (Å²) in [5.41, 5.74) is 3.20. The SMILES string of the molecule is Cc1nc(-c2ccccc2)ccc1C(=O)NCc1nnc2n1CCC2. The van der Waals surface area contributed by atoms with Crippen LogP contribution < -0.4 is 5.32 Å². The number of carbonyl (C=O) groups excluding carboxylic acids is 1. The fraction of sp³-hybridized carbons (Fsp3) is 0.263. The van der Waals surface area contributed by atoms with Crippen molar-refractivity contribution in [3.63, 3.8) is 0 Å². The molecule has 0 atom stereocenters. The van der Waals surface area contributed by atoms with E-state index in [9.17, 15) is 4.79 Å². The second-order valence-corrected chi connectivity index (χ2v) is 6.17. The highest BCUT2D eigenvalue weighted by molar-refractivity contribution is 5.95. The predicted molar refractivity (Wildman–Crippen MR) is 93.9 cm³/mol. The van der Waals surface area contributed by atoms with Gasteiger partial charge in [0.05, 0.1) is 23.5 Å². The van der Waals surface area contributed by atoms with Crippen LogP contribution in [0.1, 0.15) is 34.1 Å². The summed E-state index contributed by atoms with van der Waals surface area (Å²) in [4.78, 5) is 17.1. The minimum atomic E-state index is -0.139. The Hall–Kier alpha value is -3.02. The third-order valence-electron chi connectivity index (χ3n) is 4.49. The van der Waals surface area contributed by atoms with Gasteiger partial charge in [-0.15, -0.1) is 10.2 Å². The van der Waals surface area contributed by atoms with E-state index in [1.807, 2.05) is 49.4 Å². The fourth-order valence-electron chi connectivity index (χ4n) is 3.17. The Morgan fingerprint density at radius 1 is 1.16 bits per heavy atom. The van der Waals surface area contributed by atoms with E-state index in [1.54, 1.807) is 0 Å². The Balaban J connectivity index is 1.48. The van der Waals surface area contributed by atoms with Gasteiger partial charge in [0.25, 0.3) is 5.91 Å². The average Bonchev–Trinajstić information content (AvgIpc) is 3.24. The predicted octanol–water partition coefficient (Wildman–Crippen LogP) is 2.52. The highest BCUT2D eigenvalue weighted by atomic mass is 16.1. The number of pyridine rings is 1. The molecule has 1 aliphatic rings. The van der Waals surface area contributed by atoms with Crippen molar-refractivity contribution in [3.8, 4) is 11.3 Å². The van der Waals surface area contributed by atoms with Crippen LogP contribution in [0.4, 0.5) is 0 Å². The number of rotatable bonds is 4. The van der Waals surface area contributed by atoms with Gasteiger partial charge in [0, 0.05) is 18.5 Å². The van der Waals surface area contributed by atoms with E-state index in [0.717, 1.165) is 42.3 Å². The molecule has 0 aliphatic carbocycles. The van der Waals surface area contributed by atoms with Crippen molar-refractivity contribution in [2.75, 3.05) is 0 Å². The smallest absolute Gasteiger partial charge is 0.253 e. The molecule has 2 aromatic heterocycles. The number of nitrogens with one attached hydrogen (secondary N) is 1. The van der Waals surface area contributed by atoms with Gasteiger partial charge in [-0.25, -0.2) is 0 Å². The standard InChI is InChI=1S/C19H19N5O/c1-13-15(9-10-16(21-13)14-6-3-2-4-7-14)19(25)20-12-18-23-22-17-8-5-11-24(17)18/h2-4,6-7,9-10H,5,8,11-12H2,1H3,(H,20,25). The monoisotopic (exact) mass is 333 g/mol. The van der Waals surface area contributed by atoms with E-state index in [4.69, 9.17) is 0 Å². The highest BCUT2D eigenvalue weighted by Crippen LogP contribution is 2.19. The highest BCUT2D eigenvalue weighted by Gasteiger charge is 2.18. The summed E-state index contributed by atoms with van der Waals surface area (Å²) < 4.78 is 2.09. The summed E-state index contributed by atoms with van der Waals surface area (Å²) in [7, 11) is 0. The first-order valence-corrected chi connectivity index (χ1v) is 8.44. The second kappa shape index (κ2) is 6.47. The molecule has 0 fully saturated rings. The number of fused-ring (bicyclic) bond motifs is 1. The maximum atomic E-state index is 12.5. The molecular weight excluding hydrogens is 314 g/mol. The normalized spacial score (nSPS) is 12.8. The zero-order chi connectivity index (χ0) is 17.2. The van der Waals surface area contributed by atoms with Crippen molar-refractivity contribution in [3.05, 3.63) is 65.4 Å². The largest absolute Gasteiger partial charge is 0.345 e. The maximum Gasteiger partial charge on any atom is 0.253 e. The molecule has 0 unspecified atom stereocenters.